The van der Waals surface area contributed by atoms with Crippen LogP contribution in [-0.2, 0) is 6.42 Å². The predicted molar refractivity (Wildman–Crippen MR) is 76.5 cm³/mol. The minimum Gasteiger partial charge on any atom is -0.493 e. The third kappa shape index (κ3) is 2.65. The number of halogens is 1. The lowest BCUT2D eigenvalue weighted by Crippen LogP contribution is -2.24. The SMILES string of the molecule is CCCC(C)C(NC)c1cc(Cl)cc2c1OCC2. The third-order valence-electron chi connectivity index (χ3n) is 3.74. The molecule has 1 aromatic carbocycles. The van der Waals surface area contributed by atoms with Crippen molar-refractivity contribution in [2.24, 2.45) is 5.92 Å². The van der Waals surface area contributed by atoms with E-state index in [1.807, 2.05) is 13.1 Å². The zero-order valence-corrected chi connectivity index (χ0v) is 12.2. The summed E-state index contributed by atoms with van der Waals surface area (Å²) >= 11 is 6.23. The van der Waals surface area contributed by atoms with Crippen molar-refractivity contribution in [3.05, 3.63) is 28.3 Å². The van der Waals surface area contributed by atoms with E-state index < -0.39 is 0 Å². The zero-order valence-electron chi connectivity index (χ0n) is 11.4. The van der Waals surface area contributed by atoms with Gasteiger partial charge in [-0.3, -0.25) is 0 Å². The van der Waals surface area contributed by atoms with Crippen LogP contribution in [0.1, 0.15) is 43.9 Å². The van der Waals surface area contributed by atoms with Crippen molar-refractivity contribution in [3.8, 4) is 5.75 Å². The second-order valence-corrected chi connectivity index (χ2v) is 5.55. The average molecular weight is 268 g/mol. The van der Waals surface area contributed by atoms with Crippen LogP contribution in [-0.4, -0.2) is 13.7 Å². The van der Waals surface area contributed by atoms with Gasteiger partial charge in [0.15, 0.2) is 0 Å². The number of benzene rings is 1. The van der Waals surface area contributed by atoms with Crippen LogP contribution in [0.15, 0.2) is 12.1 Å². The van der Waals surface area contributed by atoms with E-state index in [0.717, 1.165) is 23.8 Å². The Morgan fingerprint density at radius 1 is 1.44 bits per heavy atom. The van der Waals surface area contributed by atoms with E-state index in [1.54, 1.807) is 0 Å². The summed E-state index contributed by atoms with van der Waals surface area (Å²) in [4.78, 5) is 0. The molecule has 0 aromatic heterocycles. The topological polar surface area (TPSA) is 21.3 Å². The number of ether oxygens (including phenoxy) is 1. The van der Waals surface area contributed by atoms with E-state index in [4.69, 9.17) is 16.3 Å². The highest BCUT2D eigenvalue weighted by atomic mass is 35.5. The van der Waals surface area contributed by atoms with Crippen molar-refractivity contribution < 1.29 is 4.74 Å². The first-order valence-corrected chi connectivity index (χ1v) is 7.17. The molecular weight excluding hydrogens is 246 g/mol. The van der Waals surface area contributed by atoms with Crippen LogP contribution in [0, 0.1) is 5.92 Å². The molecule has 1 N–H and O–H groups in total. The molecule has 0 bridgehead atoms. The summed E-state index contributed by atoms with van der Waals surface area (Å²) in [5.41, 5.74) is 2.47. The summed E-state index contributed by atoms with van der Waals surface area (Å²) in [6.45, 7) is 5.29. The third-order valence-corrected chi connectivity index (χ3v) is 3.95. The lowest BCUT2D eigenvalue weighted by atomic mass is 9.89. The van der Waals surface area contributed by atoms with E-state index in [0.29, 0.717) is 12.0 Å². The lowest BCUT2D eigenvalue weighted by molar-refractivity contribution is 0.332. The van der Waals surface area contributed by atoms with Crippen molar-refractivity contribution in [1.29, 1.82) is 0 Å². The summed E-state index contributed by atoms with van der Waals surface area (Å²) < 4.78 is 5.80. The van der Waals surface area contributed by atoms with Gasteiger partial charge >= 0.3 is 0 Å². The van der Waals surface area contributed by atoms with E-state index >= 15 is 0 Å². The van der Waals surface area contributed by atoms with Gasteiger partial charge < -0.3 is 10.1 Å². The predicted octanol–water partition coefficient (Wildman–Crippen LogP) is 3.97. The Morgan fingerprint density at radius 2 is 2.22 bits per heavy atom. The Hall–Kier alpha value is -0.730. The fourth-order valence-corrected chi connectivity index (χ4v) is 3.15. The molecule has 1 aromatic rings. The molecule has 1 heterocycles. The van der Waals surface area contributed by atoms with E-state index in [9.17, 15) is 0 Å². The molecule has 1 aliphatic heterocycles. The summed E-state index contributed by atoms with van der Waals surface area (Å²) in [5, 5.41) is 4.24. The fourth-order valence-electron chi connectivity index (χ4n) is 2.90. The first kappa shape index (κ1) is 13.7. The van der Waals surface area contributed by atoms with Gasteiger partial charge in [0.2, 0.25) is 0 Å². The fraction of sp³-hybridized carbons (Fsp3) is 0.600. The standard InChI is InChI=1S/C15H22ClNO/c1-4-5-10(2)14(17-3)13-9-12(16)8-11-6-7-18-15(11)13/h8-10,14,17H,4-7H2,1-3H3. The van der Waals surface area contributed by atoms with Gasteiger partial charge in [0.05, 0.1) is 6.61 Å². The first-order chi connectivity index (χ1) is 8.67. The molecule has 3 heteroatoms. The smallest absolute Gasteiger partial charge is 0.127 e. The molecule has 0 radical (unpaired) electrons. The Morgan fingerprint density at radius 3 is 2.89 bits per heavy atom. The van der Waals surface area contributed by atoms with Gasteiger partial charge in [-0.05, 0) is 37.1 Å². The highest BCUT2D eigenvalue weighted by molar-refractivity contribution is 6.30. The highest BCUT2D eigenvalue weighted by Gasteiger charge is 2.25. The van der Waals surface area contributed by atoms with Crippen LogP contribution in [0.4, 0.5) is 0 Å². The molecule has 100 valence electrons. The minimum absolute atomic E-state index is 0.315. The molecule has 18 heavy (non-hydrogen) atoms. The molecule has 2 rings (SSSR count). The summed E-state index contributed by atoms with van der Waals surface area (Å²) in [6.07, 6.45) is 3.37. The molecular formula is C15H22ClNO. The number of hydrogen-bond acceptors (Lipinski definition) is 2. The summed E-state index contributed by atoms with van der Waals surface area (Å²) in [5.74, 6) is 1.63. The molecule has 0 saturated carbocycles. The highest BCUT2D eigenvalue weighted by Crippen LogP contribution is 2.39. The number of hydrogen-bond donors (Lipinski definition) is 1. The molecule has 2 nitrogen and oxygen atoms in total. The van der Waals surface area contributed by atoms with Gasteiger partial charge in [-0.15, -0.1) is 0 Å². The van der Waals surface area contributed by atoms with Crippen molar-refractivity contribution in [2.45, 2.75) is 39.2 Å². The van der Waals surface area contributed by atoms with Gasteiger partial charge in [-0.2, -0.15) is 0 Å². The van der Waals surface area contributed by atoms with Crippen molar-refractivity contribution in [3.63, 3.8) is 0 Å². The van der Waals surface area contributed by atoms with Gasteiger partial charge in [-0.1, -0.05) is 31.9 Å². The van der Waals surface area contributed by atoms with Crippen LogP contribution in [0.3, 0.4) is 0 Å². The summed E-state index contributed by atoms with van der Waals surface area (Å²) in [6, 6.07) is 4.40. The largest absolute Gasteiger partial charge is 0.493 e. The van der Waals surface area contributed by atoms with Crippen LogP contribution >= 0.6 is 11.6 Å². The lowest BCUT2D eigenvalue weighted by Gasteiger charge is -2.25. The number of fused-ring (bicyclic) bond motifs is 1. The van der Waals surface area contributed by atoms with Gasteiger partial charge in [-0.25, -0.2) is 0 Å². The van der Waals surface area contributed by atoms with Crippen LogP contribution in [0.2, 0.25) is 5.02 Å². The van der Waals surface area contributed by atoms with Crippen LogP contribution in [0.5, 0.6) is 5.75 Å². The number of nitrogens with one attached hydrogen (secondary N) is 1. The Balaban J connectivity index is 2.36. The Bertz CT molecular complexity index is 419. The van der Waals surface area contributed by atoms with Crippen molar-refractivity contribution in [2.75, 3.05) is 13.7 Å². The quantitative estimate of drug-likeness (QED) is 0.872. The maximum Gasteiger partial charge on any atom is 0.127 e. The van der Waals surface area contributed by atoms with E-state index in [2.05, 4.69) is 25.2 Å². The van der Waals surface area contributed by atoms with E-state index in [-0.39, 0.29) is 0 Å². The average Bonchev–Trinajstić information content (AvgIpc) is 2.78. The second-order valence-electron chi connectivity index (χ2n) is 5.11. The van der Waals surface area contributed by atoms with Gasteiger partial charge in [0, 0.05) is 23.0 Å². The first-order valence-electron chi connectivity index (χ1n) is 6.79. The van der Waals surface area contributed by atoms with E-state index in [1.165, 1.54) is 24.0 Å². The van der Waals surface area contributed by atoms with Crippen molar-refractivity contribution >= 4 is 11.6 Å². The molecule has 0 saturated heterocycles. The molecule has 0 fully saturated rings. The van der Waals surface area contributed by atoms with Gasteiger partial charge in [0.25, 0.3) is 0 Å². The minimum atomic E-state index is 0.315. The molecule has 2 atom stereocenters. The molecule has 0 aliphatic carbocycles. The molecule has 2 unspecified atom stereocenters. The Labute approximate surface area is 115 Å². The maximum absolute atomic E-state index is 6.23. The normalized spacial score (nSPS) is 17.1. The van der Waals surface area contributed by atoms with Crippen LogP contribution in [0.25, 0.3) is 0 Å². The van der Waals surface area contributed by atoms with Crippen molar-refractivity contribution in [1.82, 2.24) is 5.32 Å². The maximum atomic E-state index is 6.23. The van der Waals surface area contributed by atoms with Crippen LogP contribution < -0.4 is 10.1 Å². The summed E-state index contributed by atoms with van der Waals surface area (Å²) in [7, 11) is 2.01. The molecule has 0 spiro atoms. The number of rotatable bonds is 5. The van der Waals surface area contributed by atoms with Gasteiger partial charge in [0.1, 0.15) is 5.75 Å². The molecule has 1 aliphatic rings. The zero-order chi connectivity index (χ0) is 13.1. The Kier molecular flexibility index (Phi) is 4.52. The monoisotopic (exact) mass is 267 g/mol. The molecule has 0 amide bonds. The second kappa shape index (κ2) is 5.94.